The minimum absolute atomic E-state index is 0.334. The fourth-order valence-corrected chi connectivity index (χ4v) is 2.98. The van der Waals surface area contributed by atoms with Gasteiger partial charge in [0.05, 0.1) is 10.2 Å². The van der Waals surface area contributed by atoms with Crippen LogP contribution in [0.5, 0.6) is 0 Å². The number of para-hydroxylation sites is 1. The van der Waals surface area contributed by atoms with Gasteiger partial charge in [0, 0.05) is 13.6 Å². The molecule has 2 aromatic rings. The van der Waals surface area contributed by atoms with Crippen LogP contribution in [0.15, 0.2) is 36.4 Å². The van der Waals surface area contributed by atoms with Gasteiger partial charge >= 0.3 is 0 Å². The lowest BCUT2D eigenvalue weighted by Gasteiger charge is -2.22. The Balaban J connectivity index is 2.16. The third-order valence-corrected chi connectivity index (χ3v) is 4.11. The second-order valence-electron chi connectivity index (χ2n) is 5.06. The van der Waals surface area contributed by atoms with Gasteiger partial charge < -0.3 is 15.1 Å². The molecule has 0 aliphatic rings. The molecular formula is C15H18N2O3S. The van der Waals surface area contributed by atoms with Crippen LogP contribution in [0.2, 0.25) is 0 Å². The maximum absolute atomic E-state index is 12.1. The Labute approximate surface area is 127 Å². The Bertz CT molecular complexity index is 635. The first-order valence-electron chi connectivity index (χ1n) is 6.51. The van der Waals surface area contributed by atoms with Gasteiger partial charge in [-0.15, -0.1) is 11.3 Å². The van der Waals surface area contributed by atoms with Crippen LogP contribution in [0, 0.1) is 0 Å². The zero-order chi connectivity index (χ0) is 15.6. The van der Waals surface area contributed by atoms with E-state index in [0.29, 0.717) is 11.6 Å². The first kappa shape index (κ1) is 15.6. The van der Waals surface area contributed by atoms with Crippen molar-refractivity contribution in [3.05, 3.63) is 41.4 Å². The molecule has 0 aliphatic carbocycles. The van der Waals surface area contributed by atoms with E-state index in [4.69, 9.17) is 0 Å². The lowest BCUT2D eigenvalue weighted by atomic mass is 10.2. The molecule has 2 atom stereocenters. The van der Waals surface area contributed by atoms with E-state index in [1.165, 1.54) is 16.2 Å². The average molecular weight is 306 g/mol. The first-order chi connectivity index (χ1) is 9.90. The third kappa shape index (κ3) is 3.47. The van der Waals surface area contributed by atoms with Crippen LogP contribution in [0.4, 0.5) is 0 Å². The van der Waals surface area contributed by atoms with Gasteiger partial charge in [0.15, 0.2) is 6.10 Å². The van der Waals surface area contributed by atoms with Gasteiger partial charge in [0.25, 0.3) is 5.91 Å². The van der Waals surface area contributed by atoms with E-state index >= 15 is 0 Å². The van der Waals surface area contributed by atoms with E-state index in [2.05, 4.69) is 11.6 Å². The molecule has 0 bridgehead atoms. The molecule has 1 amide bonds. The molecule has 0 saturated heterocycles. The molecule has 1 aromatic heterocycles. The van der Waals surface area contributed by atoms with Crippen LogP contribution in [0.25, 0.3) is 10.2 Å². The minimum Gasteiger partial charge on any atom is -0.383 e. The largest absolute Gasteiger partial charge is 0.383 e. The van der Waals surface area contributed by atoms with E-state index in [0.717, 1.165) is 15.8 Å². The zero-order valence-electron chi connectivity index (χ0n) is 12.0. The molecule has 0 aliphatic heterocycles. The summed E-state index contributed by atoms with van der Waals surface area (Å²) in [5, 5.41) is 20.5. The summed E-state index contributed by atoms with van der Waals surface area (Å²) in [5.74, 6) is -0.551. The van der Waals surface area contributed by atoms with Crippen molar-refractivity contribution in [3.63, 3.8) is 0 Å². The number of hydrogen-bond acceptors (Lipinski definition) is 5. The number of benzene rings is 1. The molecule has 1 aromatic carbocycles. The molecule has 0 saturated carbocycles. The maximum atomic E-state index is 12.1. The number of likely N-dealkylation sites (N-methyl/N-ethyl adjacent to an activating group) is 1. The Morgan fingerprint density at radius 2 is 2.10 bits per heavy atom. The van der Waals surface area contributed by atoms with E-state index in [9.17, 15) is 15.0 Å². The Kier molecular flexibility index (Phi) is 4.72. The topological polar surface area (TPSA) is 73.7 Å². The van der Waals surface area contributed by atoms with Gasteiger partial charge in [0.2, 0.25) is 0 Å². The molecule has 21 heavy (non-hydrogen) atoms. The predicted molar refractivity (Wildman–Crippen MR) is 83.0 cm³/mol. The monoisotopic (exact) mass is 306 g/mol. The van der Waals surface area contributed by atoms with Crippen LogP contribution in [-0.4, -0.2) is 45.7 Å². The number of nitrogens with zero attached hydrogens (tertiary/aromatic N) is 2. The molecule has 5 nitrogen and oxygen atoms in total. The van der Waals surface area contributed by atoms with Gasteiger partial charge in [0.1, 0.15) is 11.1 Å². The van der Waals surface area contributed by atoms with Gasteiger partial charge in [-0.05, 0) is 19.1 Å². The van der Waals surface area contributed by atoms with Crippen LogP contribution < -0.4 is 0 Å². The highest BCUT2D eigenvalue weighted by molar-refractivity contribution is 7.18. The number of rotatable bonds is 5. The average Bonchev–Trinajstić information content (AvgIpc) is 2.87. The standard InChI is InChI=1S/C15H18N2O3S/c1-9(2)8-17(3)15(20)13(19)12(18)14-16-10-6-4-5-7-11(10)21-14/h4-7,12-13,18-19H,1,8H2,2-3H3. The molecule has 0 spiro atoms. The summed E-state index contributed by atoms with van der Waals surface area (Å²) in [6, 6.07) is 7.42. The van der Waals surface area contributed by atoms with Crippen molar-refractivity contribution < 1.29 is 15.0 Å². The van der Waals surface area contributed by atoms with E-state index in [-0.39, 0.29) is 0 Å². The Hall–Kier alpha value is -1.76. The van der Waals surface area contributed by atoms with Gasteiger partial charge in [-0.2, -0.15) is 0 Å². The summed E-state index contributed by atoms with van der Waals surface area (Å²) in [4.78, 5) is 17.7. The summed E-state index contributed by atoms with van der Waals surface area (Å²) in [5.41, 5.74) is 1.54. The van der Waals surface area contributed by atoms with Crippen LogP contribution in [0.3, 0.4) is 0 Å². The molecule has 0 radical (unpaired) electrons. The normalized spacial score (nSPS) is 13.9. The lowest BCUT2D eigenvalue weighted by molar-refractivity contribution is -0.144. The highest BCUT2D eigenvalue weighted by Crippen LogP contribution is 2.28. The quantitative estimate of drug-likeness (QED) is 0.825. The molecule has 6 heteroatoms. The zero-order valence-corrected chi connectivity index (χ0v) is 12.8. The number of aromatic nitrogens is 1. The summed E-state index contributed by atoms with van der Waals surface area (Å²) in [7, 11) is 1.56. The Morgan fingerprint density at radius 3 is 2.71 bits per heavy atom. The second kappa shape index (κ2) is 6.34. The third-order valence-electron chi connectivity index (χ3n) is 3.00. The van der Waals surface area contributed by atoms with Crippen molar-refractivity contribution >= 4 is 27.5 Å². The Morgan fingerprint density at radius 1 is 1.43 bits per heavy atom. The molecule has 2 unspecified atom stereocenters. The maximum Gasteiger partial charge on any atom is 0.254 e. The van der Waals surface area contributed by atoms with Crippen LogP contribution >= 0.6 is 11.3 Å². The number of fused-ring (bicyclic) bond motifs is 1. The number of carbonyl (C=O) groups is 1. The van der Waals surface area contributed by atoms with Gasteiger partial charge in [-0.3, -0.25) is 4.79 Å². The van der Waals surface area contributed by atoms with Crippen molar-refractivity contribution in [2.45, 2.75) is 19.1 Å². The van der Waals surface area contributed by atoms with E-state index in [1.54, 1.807) is 14.0 Å². The summed E-state index contributed by atoms with van der Waals surface area (Å²) in [6.45, 7) is 5.85. The summed E-state index contributed by atoms with van der Waals surface area (Å²) in [6.07, 6.45) is -2.86. The SMILES string of the molecule is C=C(C)CN(C)C(=O)C(O)C(O)c1nc2ccccc2s1. The van der Waals surface area contributed by atoms with Crippen molar-refractivity contribution in [2.75, 3.05) is 13.6 Å². The molecule has 2 N–H and O–H groups in total. The van der Waals surface area contributed by atoms with Crippen molar-refractivity contribution in [2.24, 2.45) is 0 Å². The molecule has 112 valence electrons. The highest BCUT2D eigenvalue weighted by atomic mass is 32.1. The van der Waals surface area contributed by atoms with Crippen molar-refractivity contribution in [1.29, 1.82) is 0 Å². The predicted octanol–water partition coefficient (Wildman–Crippen LogP) is 1.73. The number of aliphatic hydroxyl groups excluding tert-OH is 2. The highest BCUT2D eigenvalue weighted by Gasteiger charge is 2.30. The molecule has 2 rings (SSSR count). The number of aliphatic hydroxyl groups is 2. The van der Waals surface area contributed by atoms with E-state index in [1.807, 2.05) is 24.3 Å². The van der Waals surface area contributed by atoms with Crippen molar-refractivity contribution in [3.8, 4) is 0 Å². The number of amides is 1. The summed E-state index contributed by atoms with van der Waals surface area (Å²) < 4.78 is 0.904. The molecular weight excluding hydrogens is 288 g/mol. The van der Waals surface area contributed by atoms with Gasteiger partial charge in [-0.1, -0.05) is 24.3 Å². The molecule has 0 fully saturated rings. The van der Waals surface area contributed by atoms with Crippen LogP contribution in [0.1, 0.15) is 18.0 Å². The van der Waals surface area contributed by atoms with Gasteiger partial charge in [-0.25, -0.2) is 4.98 Å². The summed E-state index contributed by atoms with van der Waals surface area (Å²) >= 11 is 1.27. The lowest BCUT2D eigenvalue weighted by Crippen LogP contribution is -2.40. The van der Waals surface area contributed by atoms with E-state index < -0.39 is 18.1 Å². The first-order valence-corrected chi connectivity index (χ1v) is 7.32. The fourth-order valence-electron chi connectivity index (χ4n) is 2.00. The van der Waals surface area contributed by atoms with Crippen LogP contribution in [-0.2, 0) is 4.79 Å². The van der Waals surface area contributed by atoms with Crippen molar-refractivity contribution in [1.82, 2.24) is 9.88 Å². The smallest absolute Gasteiger partial charge is 0.254 e. The fraction of sp³-hybridized carbons (Fsp3) is 0.333. The number of carbonyl (C=O) groups excluding carboxylic acids is 1. The number of thiazole rings is 1. The molecule has 1 heterocycles. The minimum atomic E-state index is -1.53. The second-order valence-corrected chi connectivity index (χ2v) is 6.12. The number of hydrogen-bond donors (Lipinski definition) is 2.